The first-order chi connectivity index (χ1) is 16.6. The van der Waals surface area contributed by atoms with E-state index in [2.05, 4.69) is 9.88 Å². The van der Waals surface area contributed by atoms with Crippen LogP contribution in [0.4, 0.5) is 0 Å². The van der Waals surface area contributed by atoms with Crippen molar-refractivity contribution in [3.8, 4) is 33.4 Å². The number of ether oxygens (including phenoxy) is 3. The molecule has 1 aliphatic heterocycles. The van der Waals surface area contributed by atoms with E-state index in [9.17, 15) is 9.90 Å². The van der Waals surface area contributed by atoms with E-state index in [1.165, 1.54) is 22.2 Å². The lowest BCUT2D eigenvalue weighted by Crippen LogP contribution is -2.38. The number of phenolic OH excluding ortho intramolecular Hbond substituents is 1. The third kappa shape index (κ3) is 4.63. The van der Waals surface area contributed by atoms with Crippen molar-refractivity contribution in [2.24, 2.45) is 0 Å². The molecule has 9 heteroatoms. The number of benzene rings is 2. The summed E-state index contributed by atoms with van der Waals surface area (Å²) in [4.78, 5) is 21.0. The number of morpholine rings is 1. The van der Waals surface area contributed by atoms with Crippen LogP contribution >= 0.6 is 11.3 Å². The van der Waals surface area contributed by atoms with Gasteiger partial charge in [0.05, 0.1) is 31.5 Å². The van der Waals surface area contributed by atoms with Crippen molar-refractivity contribution in [3.63, 3.8) is 0 Å². The van der Waals surface area contributed by atoms with Crippen LogP contribution < -0.4 is 15.0 Å². The Morgan fingerprint density at radius 1 is 1.09 bits per heavy atom. The third-order valence-corrected chi connectivity index (χ3v) is 6.95. The summed E-state index contributed by atoms with van der Waals surface area (Å²) in [6.07, 6.45) is 1.53. The largest absolute Gasteiger partial charge is 0.508 e. The van der Waals surface area contributed by atoms with Crippen molar-refractivity contribution in [1.82, 2.24) is 14.5 Å². The molecule has 2 aromatic carbocycles. The maximum Gasteiger partial charge on any atom is 0.275 e. The number of nitrogens with zero attached hydrogens (tertiary/aromatic N) is 3. The average molecular weight is 480 g/mol. The predicted molar refractivity (Wildman–Crippen MR) is 132 cm³/mol. The second kappa shape index (κ2) is 9.84. The van der Waals surface area contributed by atoms with Crippen LogP contribution in [0.3, 0.4) is 0 Å². The first-order valence-electron chi connectivity index (χ1n) is 11.0. The van der Waals surface area contributed by atoms with Crippen LogP contribution in [0, 0.1) is 0 Å². The maximum absolute atomic E-state index is 13.3. The highest BCUT2D eigenvalue weighted by Crippen LogP contribution is 2.33. The summed E-state index contributed by atoms with van der Waals surface area (Å²) in [7, 11) is 1.58. The summed E-state index contributed by atoms with van der Waals surface area (Å²) in [6.45, 7) is 4.69. The number of phenols is 1. The molecule has 34 heavy (non-hydrogen) atoms. The van der Waals surface area contributed by atoms with Crippen LogP contribution in [0.25, 0.3) is 26.3 Å². The van der Waals surface area contributed by atoms with Crippen LogP contribution in [0.1, 0.15) is 0 Å². The van der Waals surface area contributed by atoms with Gasteiger partial charge in [-0.3, -0.25) is 14.3 Å². The highest BCUT2D eigenvalue weighted by Gasteiger charge is 2.15. The van der Waals surface area contributed by atoms with Gasteiger partial charge < -0.3 is 19.3 Å². The van der Waals surface area contributed by atoms with Crippen molar-refractivity contribution in [1.29, 1.82) is 0 Å². The van der Waals surface area contributed by atoms with Crippen molar-refractivity contribution in [2.45, 2.75) is 0 Å². The summed E-state index contributed by atoms with van der Waals surface area (Å²) in [5.41, 5.74) is 2.07. The molecule has 0 radical (unpaired) electrons. The first kappa shape index (κ1) is 22.4. The van der Waals surface area contributed by atoms with Crippen molar-refractivity contribution in [2.75, 3.05) is 46.6 Å². The number of aromatic nitrogens is 2. The highest BCUT2D eigenvalue weighted by atomic mass is 32.1. The highest BCUT2D eigenvalue weighted by molar-refractivity contribution is 7.22. The fourth-order valence-electron chi connectivity index (χ4n) is 3.90. The maximum atomic E-state index is 13.3. The number of thiophene rings is 1. The Balaban J connectivity index is 1.38. The van der Waals surface area contributed by atoms with Gasteiger partial charge >= 0.3 is 0 Å². The first-order valence-corrected chi connectivity index (χ1v) is 11.9. The zero-order valence-electron chi connectivity index (χ0n) is 18.8. The summed E-state index contributed by atoms with van der Waals surface area (Å²) < 4.78 is 18.9. The average Bonchev–Trinajstić information content (AvgIpc) is 3.31. The zero-order chi connectivity index (χ0) is 23.5. The molecule has 0 amide bonds. The second-order valence-corrected chi connectivity index (χ2v) is 8.98. The van der Waals surface area contributed by atoms with Crippen LogP contribution in [0.2, 0.25) is 0 Å². The molecule has 5 rings (SSSR count). The topological polar surface area (TPSA) is 86.0 Å². The lowest BCUT2D eigenvalue weighted by molar-refractivity contribution is 0.0321. The van der Waals surface area contributed by atoms with E-state index in [1.807, 2.05) is 30.3 Å². The normalized spacial score (nSPS) is 14.4. The van der Waals surface area contributed by atoms with Gasteiger partial charge in [0.25, 0.3) is 5.56 Å². The van der Waals surface area contributed by atoms with E-state index in [1.54, 1.807) is 25.3 Å². The zero-order valence-corrected chi connectivity index (χ0v) is 19.6. The van der Waals surface area contributed by atoms with Gasteiger partial charge in [-0.15, -0.1) is 11.3 Å². The minimum absolute atomic E-state index is 0.150. The van der Waals surface area contributed by atoms with Crippen molar-refractivity contribution < 1.29 is 19.3 Å². The Labute approximate surface area is 200 Å². The molecule has 0 unspecified atom stereocenters. The summed E-state index contributed by atoms with van der Waals surface area (Å²) in [5.74, 6) is 1.39. The Morgan fingerprint density at radius 2 is 1.88 bits per heavy atom. The molecule has 0 saturated carbocycles. The molecule has 0 aliphatic carbocycles. The smallest absolute Gasteiger partial charge is 0.275 e. The molecule has 176 valence electrons. The minimum Gasteiger partial charge on any atom is -0.508 e. The molecule has 1 saturated heterocycles. The van der Waals surface area contributed by atoms with E-state index in [-0.39, 0.29) is 11.3 Å². The summed E-state index contributed by atoms with van der Waals surface area (Å²) in [6, 6.07) is 14.2. The monoisotopic (exact) mass is 479 g/mol. The molecule has 8 nitrogen and oxygen atoms in total. The van der Waals surface area contributed by atoms with Crippen LogP contribution in [-0.4, -0.2) is 66.1 Å². The molecule has 4 aromatic rings. The fourth-order valence-corrected chi connectivity index (χ4v) is 4.95. The van der Waals surface area contributed by atoms with Crippen LogP contribution in [-0.2, 0) is 4.74 Å². The summed E-state index contributed by atoms with van der Waals surface area (Å²) >= 11 is 1.38. The summed E-state index contributed by atoms with van der Waals surface area (Å²) in [5, 5.41) is 9.53. The fraction of sp³-hybridized carbons (Fsp3) is 0.280. The molecule has 1 N–H and O–H groups in total. The molecule has 0 atom stereocenters. The predicted octanol–water partition coefficient (Wildman–Crippen LogP) is 3.54. The van der Waals surface area contributed by atoms with Gasteiger partial charge in [-0.1, -0.05) is 0 Å². The quantitative estimate of drug-likeness (QED) is 0.434. The van der Waals surface area contributed by atoms with Gasteiger partial charge in [-0.2, -0.15) is 0 Å². The Hall–Kier alpha value is -3.40. The number of hydrogen-bond acceptors (Lipinski definition) is 8. The van der Waals surface area contributed by atoms with Crippen molar-refractivity contribution in [3.05, 3.63) is 65.2 Å². The molecular weight excluding hydrogens is 454 g/mol. The lowest BCUT2D eigenvalue weighted by Gasteiger charge is -2.26. The van der Waals surface area contributed by atoms with E-state index in [0.29, 0.717) is 34.0 Å². The number of methoxy groups -OCH3 is 1. The second-order valence-electron chi connectivity index (χ2n) is 7.93. The number of aromatic hydroxyl groups is 1. The van der Waals surface area contributed by atoms with Crippen LogP contribution in [0.5, 0.6) is 17.2 Å². The Bertz CT molecular complexity index is 1340. The lowest BCUT2D eigenvalue weighted by atomic mass is 10.2. The van der Waals surface area contributed by atoms with E-state index >= 15 is 0 Å². The molecule has 0 spiro atoms. The molecular formula is C25H25N3O5S. The molecule has 1 fully saturated rings. The third-order valence-electron chi connectivity index (χ3n) is 5.78. The van der Waals surface area contributed by atoms with Crippen molar-refractivity contribution >= 4 is 21.6 Å². The van der Waals surface area contributed by atoms with Gasteiger partial charge in [0.2, 0.25) is 0 Å². The molecule has 1 aliphatic rings. The van der Waals surface area contributed by atoms with Gasteiger partial charge in [-0.05, 0) is 48.0 Å². The van der Waals surface area contributed by atoms with Gasteiger partial charge in [0.1, 0.15) is 23.4 Å². The number of fused-ring (bicyclic) bond motifs is 1. The minimum atomic E-state index is -0.150. The van der Waals surface area contributed by atoms with Crippen LogP contribution in [0.15, 0.2) is 59.7 Å². The molecule has 3 heterocycles. The number of hydrogen-bond donors (Lipinski definition) is 1. The van der Waals surface area contributed by atoms with E-state index in [0.717, 1.165) is 43.3 Å². The standard InChI is InChI=1S/C25H25N3O5S/c1-31-22-14-18(4-7-21(22)33-13-10-27-8-11-32-12-9-27)28-16-26-20-15-23(34-24(20)25(28)30)17-2-5-19(29)6-3-17/h2-7,14-16,29H,8-13H2,1H3. The van der Waals surface area contributed by atoms with Gasteiger partial charge in [0.15, 0.2) is 11.5 Å². The Morgan fingerprint density at radius 3 is 2.65 bits per heavy atom. The van der Waals surface area contributed by atoms with E-state index < -0.39 is 0 Å². The van der Waals surface area contributed by atoms with Gasteiger partial charge in [0, 0.05) is 30.6 Å². The molecule has 2 aromatic heterocycles. The SMILES string of the molecule is COc1cc(-n2cnc3cc(-c4ccc(O)cc4)sc3c2=O)ccc1OCCN1CCOCC1. The number of rotatable bonds is 7. The Kier molecular flexibility index (Phi) is 6.48. The van der Waals surface area contributed by atoms with Gasteiger partial charge in [-0.25, -0.2) is 4.98 Å². The molecule has 0 bridgehead atoms. The van der Waals surface area contributed by atoms with E-state index in [4.69, 9.17) is 14.2 Å².